The fourth-order valence-electron chi connectivity index (χ4n) is 2.31. The summed E-state index contributed by atoms with van der Waals surface area (Å²) in [5.41, 5.74) is 3.93. The summed E-state index contributed by atoms with van der Waals surface area (Å²) in [5.74, 6) is 1.44. The van der Waals surface area contributed by atoms with Crippen molar-refractivity contribution in [3.05, 3.63) is 41.9 Å². The summed E-state index contributed by atoms with van der Waals surface area (Å²) in [6.07, 6.45) is 9.90. The molecule has 23 heavy (non-hydrogen) atoms. The fourth-order valence-corrected chi connectivity index (χ4v) is 2.31. The average Bonchev–Trinajstić information content (AvgIpc) is 2.60. The van der Waals surface area contributed by atoms with Crippen LogP contribution in [0.4, 0.5) is 0 Å². The van der Waals surface area contributed by atoms with E-state index in [1.54, 1.807) is 33.5 Å². The Morgan fingerprint density at radius 1 is 1.22 bits per heavy atom. The Bertz CT molecular complexity index is 495. The lowest BCUT2D eigenvalue weighted by Crippen LogP contribution is -2.15. The van der Waals surface area contributed by atoms with Gasteiger partial charge in [0.1, 0.15) is 0 Å². The third kappa shape index (κ3) is 7.00. The van der Waals surface area contributed by atoms with E-state index in [-0.39, 0.29) is 6.10 Å². The average molecular weight is 321 g/mol. The topological polar surface area (TPSA) is 39.0 Å². The van der Waals surface area contributed by atoms with Gasteiger partial charge in [0.05, 0.1) is 37.4 Å². The molecule has 4 nitrogen and oxygen atoms in total. The van der Waals surface area contributed by atoms with E-state index < -0.39 is 0 Å². The van der Waals surface area contributed by atoms with Crippen molar-refractivity contribution >= 4 is 5.78 Å². The van der Waals surface area contributed by atoms with Crippen LogP contribution in [-0.4, -0.2) is 45.9 Å². The third-order valence-corrected chi connectivity index (χ3v) is 3.93. The minimum absolute atomic E-state index is 0.202. The number of allylic oxidation sites excluding steroid dienone is 3. The van der Waals surface area contributed by atoms with Crippen molar-refractivity contribution in [3.8, 4) is 0 Å². The van der Waals surface area contributed by atoms with Gasteiger partial charge in [0, 0.05) is 20.3 Å². The normalized spacial score (nSPS) is 18.3. The second kappa shape index (κ2) is 11.0. The Balaban J connectivity index is 2.48. The molecule has 0 radical (unpaired) electrons. The molecule has 0 aliphatic heterocycles. The molecule has 2 unspecified atom stereocenters. The van der Waals surface area contributed by atoms with Crippen molar-refractivity contribution in [3.63, 3.8) is 0 Å². The van der Waals surface area contributed by atoms with Gasteiger partial charge < -0.3 is 14.2 Å². The summed E-state index contributed by atoms with van der Waals surface area (Å²) in [6.45, 7) is 6.49. The van der Waals surface area contributed by atoms with Gasteiger partial charge in [-0.2, -0.15) is 0 Å². The predicted octanol–water partition coefficient (Wildman–Crippen LogP) is 3.51. The first kappa shape index (κ1) is 19.4. The van der Waals surface area contributed by atoms with Gasteiger partial charge in [0.2, 0.25) is 0 Å². The number of carbonyl (C=O) groups excluding carboxylic acids is 1. The van der Waals surface area contributed by atoms with Crippen LogP contribution in [0, 0.1) is 0 Å². The minimum atomic E-state index is 0.202. The van der Waals surface area contributed by atoms with Gasteiger partial charge in [-0.25, -0.2) is 0 Å². The highest BCUT2D eigenvalue weighted by atomic mass is 16.5. The maximum Gasteiger partial charge on any atom is 0.358 e. The largest absolute Gasteiger partial charge is 0.489 e. The number of ketones is 1. The maximum atomic E-state index is 5.85. The summed E-state index contributed by atoms with van der Waals surface area (Å²) >= 11 is 0. The van der Waals surface area contributed by atoms with Crippen molar-refractivity contribution in [2.75, 3.05) is 27.9 Å². The van der Waals surface area contributed by atoms with Gasteiger partial charge in [-0.1, -0.05) is 18.4 Å². The van der Waals surface area contributed by atoms with Gasteiger partial charge in [-0.05, 0) is 26.2 Å². The first-order valence-corrected chi connectivity index (χ1v) is 8.05. The van der Waals surface area contributed by atoms with E-state index in [0.717, 1.165) is 37.0 Å². The standard InChI is InChI=1S/C19H29O4/c1-6-16-14-18(22-5)10-11-19(16)23-13-12-17(21-4)9-7-8-15(2)20-3/h6,11,14-15,17H,1,7-9,12-13H2,2-5H3/q+1. The smallest absolute Gasteiger partial charge is 0.358 e. The molecule has 128 valence electrons. The second-order valence-electron chi connectivity index (χ2n) is 5.50. The molecular weight excluding hydrogens is 292 g/mol. The molecule has 0 aromatic rings. The summed E-state index contributed by atoms with van der Waals surface area (Å²) in [6, 6.07) is 0. The third-order valence-electron chi connectivity index (χ3n) is 3.93. The van der Waals surface area contributed by atoms with E-state index in [0.29, 0.717) is 18.5 Å². The number of hydrogen-bond donors (Lipinski definition) is 0. The van der Waals surface area contributed by atoms with Crippen molar-refractivity contribution in [1.29, 1.82) is 0 Å². The van der Waals surface area contributed by atoms with Gasteiger partial charge in [-0.15, -0.1) is 0 Å². The highest BCUT2D eigenvalue weighted by molar-refractivity contribution is 6.07. The predicted molar refractivity (Wildman–Crippen MR) is 92.5 cm³/mol. The Morgan fingerprint density at radius 3 is 2.61 bits per heavy atom. The fraction of sp³-hybridized carbons (Fsp3) is 0.579. The lowest BCUT2D eigenvalue weighted by atomic mass is 10.1. The lowest BCUT2D eigenvalue weighted by molar-refractivity contribution is -0.458. The second-order valence-corrected chi connectivity index (χ2v) is 5.50. The van der Waals surface area contributed by atoms with Crippen molar-refractivity contribution in [1.82, 2.24) is 0 Å². The maximum absolute atomic E-state index is 5.85. The molecule has 0 aromatic heterocycles. The van der Waals surface area contributed by atoms with Gasteiger partial charge in [0.15, 0.2) is 5.76 Å². The zero-order valence-corrected chi connectivity index (χ0v) is 14.8. The van der Waals surface area contributed by atoms with Gasteiger partial charge in [-0.3, -0.25) is 4.42 Å². The van der Waals surface area contributed by atoms with Crippen LogP contribution in [0.3, 0.4) is 0 Å². The van der Waals surface area contributed by atoms with E-state index in [2.05, 4.69) is 19.2 Å². The molecule has 2 atom stereocenters. The number of rotatable bonds is 11. The highest BCUT2D eigenvalue weighted by Gasteiger charge is 2.18. The molecule has 0 N–H and O–H groups in total. The Hall–Kier alpha value is -1.61. The van der Waals surface area contributed by atoms with E-state index >= 15 is 0 Å². The molecule has 0 fully saturated rings. The Morgan fingerprint density at radius 2 is 2.00 bits per heavy atom. The van der Waals surface area contributed by atoms with Crippen molar-refractivity contribution in [2.24, 2.45) is 0 Å². The molecule has 0 aromatic carbocycles. The van der Waals surface area contributed by atoms with E-state index in [4.69, 9.17) is 18.6 Å². The van der Waals surface area contributed by atoms with E-state index in [1.165, 1.54) is 0 Å². The zero-order valence-electron chi connectivity index (χ0n) is 14.8. The number of hydrogen-bond acceptors (Lipinski definition) is 3. The van der Waals surface area contributed by atoms with Crippen molar-refractivity contribution in [2.45, 2.75) is 44.8 Å². The molecule has 0 saturated carbocycles. The molecule has 0 spiro atoms. The Labute approximate surface area is 139 Å². The van der Waals surface area contributed by atoms with Gasteiger partial charge >= 0.3 is 5.78 Å². The van der Waals surface area contributed by atoms with E-state index in [9.17, 15) is 0 Å². The molecular formula is C19H29O4+. The number of methoxy groups -OCH3 is 3. The zero-order chi connectivity index (χ0) is 17.1. The molecule has 4 heteroatoms. The molecule has 1 aliphatic rings. The van der Waals surface area contributed by atoms with Crippen LogP contribution in [0.1, 0.15) is 32.6 Å². The summed E-state index contributed by atoms with van der Waals surface area (Å²) < 4.78 is 21.8. The molecule has 0 bridgehead atoms. The van der Waals surface area contributed by atoms with Crippen LogP contribution in [-0.2, 0) is 18.6 Å². The van der Waals surface area contributed by atoms with Crippen molar-refractivity contribution < 1.29 is 18.6 Å². The van der Waals surface area contributed by atoms with Crippen LogP contribution in [0.5, 0.6) is 0 Å². The number of ether oxygens (including phenoxy) is 3. The van der Waals surface area contributed by atoms with E-state index in [1.807, 2.05) is 6.08 Å². The lowest BCUT2D eigenvalue weighted by Gasteiger charge is -2.14. The summed E-state index contributed by atoms with van der Waals surface area (Å²) in [5, 5.41) is 0. The molecule has 0 amide bonds. The molecule has 0 heterocycles. The van der Waals surface area contributed by atoms with Crippen LogP contribution in [0.25, 0.3) is 0 Å². The summed E-state index contributed by atoms with van der Waals surface area (Å²) in [7, 11) is 5.11. The SMILES string of the molecule is C=CC1=CC(OC)=C=CC1=[O+]CCC(CCCC(C)OC)OC. The molecule has 1 aliphatic carbocycles. The van der Waals surface area contributed by atoms with Crippen LogP contribution >= 0.6 is 0 Å². The quantitative estimate of drug-likeness (QED) is 0.432. The van der Waals surface area contributed by atoms with Crippen LogP contribution in [0.2, 0.25) is 0 Å². The summed E-state index contributed by atoms with van der Waals surface area (Å²) in [4.78, 5) is 0. The molecule has 0 saturated heterocycles. The van der Waals surface area contributed by atoms with Gasteiger partial charge in [0.25, 0.3) is 6.61 Å². The Kier molecular flexibility index (Phi) is 9.30. The first-order valence-electron chi connectivity index (χ1n) is 8.05. The monoisotopic (exact) mass is 321 g/mol. The van der Waals surface area contributed by atoms with Crippen LogP contribution < -0.4 is 0 Å². The highest BCUT2D eigenvalue weighted by Crippen LogP contribution is 2.13. The first-order chi connectivity index (χ1) is 11.1. The minimum Gasteiger partial charge on any atom is -0.489 e. The van der Waals surface area contributed by atoms with Crippen LogP contribution in [0.15, 0.2) is 41.9 Å². The molecule has 1 rings (SSSR count).